The summed E-state index contributed by atoms with van der Waals surface area (Å²) in [5.74, 6) is -0.225. The van der Waals surface area contributed by atoms with E-state index >= 15 is 0 Å². The number of hydrogen-bond acceptors (Lipinski definition) is 4. The number of amides is 4. The lowest BCUT2D eigenvalue weighted by molar-refractivity contribution is -0.136. The van der Waals surface area contributed by atoms with E-state index in [0.717, 1.165) is 12.1 Å². The molecule has 2 rings (SSSR count). The minimum Gasteiger partial charge on any atom is -0.449 e. The van der Waals surface area contributed by atoms with Gasteiger partial charge in [0.15, 0.2) is 5.69 Å². The molecule has 0 atom stereocenters. The molecule has 0 N–H and O–H groups in total. The van der Waals surface area contributed by atoms with Gasteiger partial charge >= 0.3 is 18.3 Å². The van der Waals surface area contributed by atoms with Crippen molar-refractivity contribution in [1.29, 1.82) is 0 Å². The van der Waals surface area contributed by atoms with Gasteiger partial charge in [-0.2, -0.15) is 13.2 Å². The van der Waals surface area contributed by atoms with E-state index in [0.29, 0.717) is 23.8 Å². The summed E-state index contributed by atoms with van der Waals surface area (Å²) in [5, 5.41) is 0. The first kappa shape index (κ1) is 28.5. The molecule has 13 heteroatoms. The Morgan fingerprint density at radius 1 is 1.17 bits per heavy atom. The van der Waals surface area contributed by atoms with Gasteiger partial charge in [0.2, 0.25) is 0 Å². The highest BCUT2D eigenvalue weighted by Gasteiger charge is 2.51. The highest BCUT2D eigenvalue weighted by Crippen LogP contribution is 2.40. The van der Waals surface area contributed by atoms with Gasteiger partial charge in [0, 0.05) is 31.4 Å². The molecule has 0 aliphatic carbocycles. The number of unbranched alkanes of at least 4 members (excludes halogenated alkanes) is 1. The normalized spacial score (nSPS) is 15.4. The number of carbonyl (C=O) groups is 3. The van der Waals surface area contributed by atoms with Crippen LogP contribution >= 0.6 is 23.2 Å². The Hall–Kier alpha value is -2.71. The largest absolute Gasteiger partial charge is 0.449 e. The summed E-state index contributed by atoms with van der Waals surface area (Å²) in [7, 11) is 0. The second kappa shape index (κ2) is 11.8. The van der Waals surface area contributed by atoms with E-state index in [1.165, 1.54) is 23.6 Å². The van der Waals surface area contributed by atoms with Crippen LogP contribution in [0.5, 0.6) is 0 Å². The third kappa shape index (κ3) is 6.49. The predicted octanol–water partition coefficient (Wildman–Crippen LogP) is 5.50. The van der Waals surface area contributed by atoms with Crippen molar-refractivity contribution in [3.8, 4) is 0 Å². The number of urea groups is 1. The average Bonchev–Trinajstić information content (AvgIpc) is 2.96. The Labute approximate surface area is 211 Å². The van der Waals surface area contributed by atoms with Gasteiger partial charge in [0.05, 0.1) is 24.4 Å². The van der Waals surface area contributed by atoms with Crippen molar-refractivity contribution in [2.24, 2.45) is 0 Å². The lowest BCUT2D eigenvalue weighted by Crippen LogP contribution is -2.44. The molecule has 1 heterocycles. The van der Waals surface area contributed by atoms with Gasteiger partial charge in [-0.05, 0) is 38.8 Å². The molecule has 1 saturated heterocycles. The van der Waals surface area contributed by atoms with E-state index in [1.807, 2.05) is 0 Å². The Balaban J connectivity index is 2.06. The van der Waals surface area contributed by atoms with Gasteiger partial charge in [-0.15, -0.1) is 23.2 Å². The predicted molar refractivity (Wildman–Crippen MR) is 125 cm³/mol. The van der Waals surface area contributed by atoms with Crippen LogP contribution < -0.4 is 4.90 Å². The molecule has 0 aromatic heterocycles. The van der Waals surface area contributed by atoms with Crippen molar-refractivity contribution >= 4 is 52.6 Å². The second-order valence-corrected chi connectivity index (χ2v) is 8.89. The van der Waals surface area contributed by atoms with Crippen molar-refractivity contribution in [3.63, 3.8) is 0 Å². The average molecular weight is 537 g/mol. The second-order valence-electron chi connectivity index (χ2n) is 8.13. The van der Waals surface area contributed by atoms with E-state index in [2.05, 4.69) is 4.85 Å². The fraction of sp³-hybridized carbons (Fsp3) is 0.545. The van der Waals surface area contributed by atoms with Crippen molar-refractivity contribution in [2.75, 3.05) is 42.9 Å². The standard InChI is InChI=1S/C22H25Cl2F3N4O4/c1-21(2)18(32)31(15-6-7-17(28-3)16(14-15)22(25,26)27)19(33)30(21)10-4-5-13-35-20(34)29(11-8-23)12-9-24/h6-7,14H,4-5,8-13H2,1-2H3. The minimum absolute atomic E-state index is 0.0626. The number of anilines is 1. The fourth-order valence-electron chi connectivity index (χ4n) is 3.55. The molecule has 1 aliphatic heterocycles. The summed E-state index contributed by atoms with van der Waals surface area (Å²) < 4.78 is 45.3. The summed E-state index contributed by atoms with van der Waals surface area (Å²) in [4.78, 5) is 44.2. The molecule has 0 saturated carbocycles. The Morgan fingerprint density at radius 3 is 2.34 bits per heavy atom. The van der Waals surface area contributed by atoms with E-state index in [1.54, 1.807) is 0 Å². The minimum atomic E-state index is -4.82. The number of rotatable bonds is 10. The van der Waals surface area contributed by atoms with E-state index in [4.69, 9.17) is 34.5 Å². The molecule has 0 spiro atoms. The Morgan fingerprint density at radius 2 is 1.80 bits per heavy atom. The molecule has 0 unspecified atom stereocenters. The smallest absolute Gasteiger partial charge is 0.409 e. The molecule has 1 aromatic carbocycles. The monoisotopic (exact) mass is 536 g/mol. The lowest BCUT2D eigenvalue weighted by atomic mass is 10.0. The summed E-state index contributed by atoms with van der Waals surface area (Å²) >= 11 is 11.3. The van der Waals surface area contributed by atoms with E-state index in [-0.39, 0.29) is 43.7 Å². The summed E-state index contributed by atoms with van der Waals surface area (Å²) in [5.41, 5.74) is -3.41. The Kier molecular flexibility index (Phi) is 9.63. The molecule has 1 aliphatic rings. The zero-order chi connectivity index (χ0) is 26.4. The van der Waals surface area contributed by atoms with Gasteiger partial charge < -0.3 is 14.5 Å². The number of hydrogen-bond donors (Lipinski definition) is 0. The van der Waals surface area contributed by atoms with E-state index < -0.39 is 41.0 Å². The molecular weight excluding hydrogens is 512 g/mol. The lowest BCUT2D eigenvalue weighted by Gasteiger charge is -2.27. The number of benzene rings is 1. The third-order valence-electron chi connectivity index (χ3n) is 5.46. The number of nitrogens with zero attached hydrogens (tertiary/aromatic N) is 4. The maximum atomic E-state index is 13.4. The molecule has 1 fully saturated rings. The Bertz CT molecular complexity index is 992. The molecular formula is C22H25Cl2F3N4O4. The number of imide groups is 1. The van der Waals surface area contributed by atoms with Crippen LogP contribution in [-0.2, 0) is 15.7 Å². The highest BCUT2D eigenvalue weighted by atomic mass is 35.5. The topological polar surface area (TPSA) is 74.5 Å². The van der Waals surface area contributed by atoms with Crippen LogP contribution in [0, 0.1) is 6.57 Å². The molecule has 0 bridgehead atoms. The van der Waals surface area contributed by atoms with E-state index in [9.17, 15) is 27.6 Å². The maximum Gasteiger partial charge on any atom is 0.409 e. The van der Waals surface area contributed by atoms with Crippen LogP contribution in [0.2, 0.25) is 0 Å². The van der Waals surface area contributed by atoms with Crippen LogP contribution in [0.3, 0.4) is 0 Å². The molecule has 4 amide bonds. The first-order valence-corrected chi connectivity index (χ1v) is 11.8. The van der Waals surface area contributed by atoms with Gasteiger partial charge in [-0.1, -0.05) is 6.07 Å². The van der Waals surface area contributed by atoms with Crippen molar-refractivity contribution < 1.29 is 32.3 Å². The quantitative estimate of drug-likeness (QED) is 0.171. The molecule has 1 aromatic rings. The number of halogens is 5. The summed E-state index contributed by atoms with van der Waals surface area (Å²) in [6, 6.07) is 1.95. The fourth-order valence-corrected chi connectivity index (χ4v) is 3.96. The van der Waals surface area contributed by atoms with Gasteiger partial charge in [-0.25, -0.2) is 19.3 Å². The molecule has 35 heavy (non-hydrogen) atoms. The highest BCUT2D eigenvalue weighted by molar-refractivity contribution is 6.23. The molecule has 0 radical (unpaired) electrons. The number of alkyl halides is 5. The SMILES string of the molecule is [C-]#[N+]c1ccc(N2C(=O)N(CCCCOC(=O)N(CCCl)CCCl)C(C)(C)C2=O)cc1C(F)(F)F. The zero-order valence-corrected chi connectivity index (χ0v) is 20.7. The van der Waals surface area contributed by atoms with Crippen molar-refractivity contribution in [1.82, 2.24) is 9.80 Å². The third-order valence-corrected chi connectivity index (χ3v) is 5.79. The van der Waals surface area contributed by atoms with Crippen LogP contribution in [-0.4, -0.2) is 71.4 Å². The van der Waals surface area contributed by atoms with Crippen LogP contribution in [0.15, 0.2) is 18.2 Å². The number of ether oxygens (including phenoxy) is 1. The van der Waals surface area contributed by atoms with Crippen LogP contribution in [0.4, 0.5) is 34.1 Å². The van der Waals surface area contributed by atoms with Gasteiger partial charge in [-0.3, -0.25) is 4.79 Å². The first-order chi connectivity index (χ1) is 16.4. The van der Waals surface area contributed by atoms with Crippen molar-refractivity contribution in [2.45, 2.75) is 38.4 Å². The van der Waals surface area contributed by atoms with Crippen molar-refractivity contribution in [3.05, 3.63) is 35.2 Å². The number of carbonyl (C=O) groups excluding carboxylic acids is 3. The maximum absolute atomic E-state index is 13.4. The zero-order valence-electron chi connectivity index (χ0n) is 19.2. The molecule has 192 valence electrons. The first-order valence-electron chi connectivity index (χ1n) is 10.7. The summed E-state index contributed by atoms with van der Waals surface area (Å²) in [6.07, 6.45) is -4.63. The van der Waals surface area contributed by atoms with Gasteiger partial charge in [0.25, 0.3) is 5.91 Å². The van der Waals surface area contributed by atoms with Crippen LogP contribution in [0.1, 0.15) is 32.3 Å². The summed E-state index contributed by atoms with van der Waals surface area (Å²) in [6.45, 7) is 10.7. The molecule has 8 nitrogen and oxygen atoms in total. The van der Waals surface area contributed by atoms with Crippen LogP contribution in [0.25, 0.3) is 4.85 Å². The van der Waals surface area contributed by atoms with Gasteiger partial charge in [0.1, 0.15) is 5.54 Å².